The van der Waals surface area contributed by atoms with Crippen molar-refractivity contribution in [3.63, 3.8) is 0 Å². The molecule has 2 rings (SSSR count). The fraction of sp³-hybridized carbons (Fsp3) is 0.200. The van der Waals surface area contributed by atoms with Gasteiger partial charge in [0.25, 0.3) is 5.91 Å². The van der Waals surface area contributed by atoms with Crippen molar-refractivity contribution in [2.75, 3.05) is 6.54 Å². The summed E-state index contributed by atoms with van der Waals surface area (Å²) in [6, 6.07) is 9.13. The molecule has 3 nitrogen and oxygen atoms in total. The predicted octanol–water partition coefficient (Wildman–Crippen LogP) is 4.81. The summed E-state index contributed by atoms with van der Waals surface area (Å²) in [6.07, 6.45) is 1.56. The maximum atomic E-state index is 12.6. The van der Waals surface area contributed by atoms with Crippen LogP contribution in [0.4, 0.5) is 0 Å². The van der Waals surface area contributed by atoms with Crippen LogP contribution < -0.4 is 0 Å². The third kappa shape index (κ3) is 4.19. The van der Waals surface area contributed by atoms with Gasteiger partial charge in [-0.15, -0.1) is 0 Å². The van der Waals surface area contributed by atoms with E-state index in [2.05, 4.69) is 20.9 Å². The summed E-state index contributed by atoms with van der Waals surface area (Å²) in [5, 5.41) is 0.853. The molecule has 1 aromatic carbocycles. The third-order valence-electron chi connectivity index (χ3n) is 2.97. The Kier molecular flexibility index (Phi) is 5.62. The van der Waals surface area contributed by atoms with E-state index in [-0.39, 0.29) is 11.1 Å². The Bertz CT molecular complexity index is 664. The smallest absolute Gasteiger partial charge is 0.257 e. The van der Waals surface area contributed by atoms with E-state index in [1.54, 1.807) is 23.2 Å². The molecule has 0 fully saturated rings. The predicted molar refractivity (Wildman–Crippen MR) is 88.8 cm³/mol. The van der Waals surface area contributed by atoms with Gasteiger partial charge in [0.05, 0.1) is 5.56 Å². The van der Waals surface area contributed by atoms with Gasteiger partial charge < -0.3 is 4.90 Å². The Balaban J connectivity index is 2.24. The summed E-state index contributed by atoms with van der Waals surface area (Å²) in [7, 11) is 0. The number of nitrogens with zero attached hydrogens (tertiary/aromatic N) is 2. The molecule has 0 saturated carbocycles. The minimum atomic E-state index is -0.156. The molecule has 110 valence electrons. The molecule has 6 heteroatoms. The molecule has 0 atom stereocenters. The molecule has 0 saturated heterocycles. The van der Waals surface area contributed by atoms with E-state index in [0.29, 0.717) is 28.1 Å². The first-order chi connectivity index (χ1) is 10.0. The Labute approximate surface area is 142 Å². The molecule has 21 heavy (non-hydrogen) atoms. The van der Waals surface area contributed by atoms with Crippen molar-refractivity contribution in [3.8, 4) is 0 Å². The topological polar surface area (TPSA) is 33.2 Å². The van der Waals surface area contributed by atoms with Gasteiger partial charge in [-0.2, -0.15) is 0 Å². The summed E-state index contributed by atoms with van der Waals surface area (Å²) in [5.74, 6) is -0.156. The van der Waals surface area contributed by atoms with Crippen LogP contribution in [-0.2, 0) is 6.54 Å². The fourth-order valence-electron chi connectivity index (χ4n) is 1.93. The van der Waals surface area contributed by atoms with Crippen molar-refractivity contribution < 1.29 is 4.79 Å². The quantitative estimate of drug-likeness (QED) is 0.705. The number of aromatic nitrogens is 1. The van der Waals surface area contributed by atoms with Crippen LogP contribution in [0.15, 0.2) is 41.0 Å². The largest absolute Gasteiger partial charge is 0.335 e. The molecule has 0 bridgehead atoms. The second kappa shape index (κ2) is 7.25. The van der Waals surface area contributed by atoms with E-state index in [1.807, 2.05) is 25.1 Å². The zero-order valence-electron chi connectivity index (χ0n) is 11.3. The average Bonchev–Trinajstić information content (AvgIpc) is 2.46. The Hall–Kier alpha value is -1.10. The van der Waals surface area contributed by atoms with Gasteiger partial charge in [-0.1, -0.05) is 35.3 Å². The lowest BCUT2D eigenvalue weighted by atomic mass is 10.2. The first-order valence-corrected chi connectivity index (χ1v) is 7.91. The molecular formula is C15H13BrCl2N2O. The number of pyridine rings is 1. The second-order valence-corrected chi connectivity index (χ2v) is 6.15. The van der Waals surface area contributed by atoms with Crippen molar-refractivity contribution in [1.29, 1.82) is 0 Å². The minimum Gasteiger partial charge on any atom is -0.335 e. The lowest BCUT2D eigenvalue weighted by Gasteiger charge is -2.21. The van der Waals surface area contributed by atoms with Crippen LogP contribution in [0.25, 0.3) is 0 Å². The SMILES string of the molecule is CCN(Cc1cccc(Cl)c1)C(=O)c1cc(Br)cnc1Cl. The molecule has 0 radical (unpaired) electrons. The highest BCUT2D eigenvalue weighted by atomic mass is 79.9. The zero-order valence-corrected chi connectivity index (χ0v) is 14.4. The second-order valence-electron chi connectivity index (χ2n) is 4.44. The number of benzene rings is 1. The summed E-state index contributed by atoms with van der Waals surface area (Å²) in [6.45, 7) is 2.95. The van der Waals surface area contributed by atoms with Gasteiger partial charge >= 0.3 is 0 Å². The summed E-state index contributed by atoms with van der Waals surface area (Å²) in [5.41, 5.74) is 1.35. The molecule has 0 aliphatic rings. The Morgan fingerprint density at radius 1 is 1.33 bits per heavy atom. The van der Waals surface area contributed by atoms with Crippen LogP contribution in [0.3, 0.4) is 0 Å². The molecule has 1 aromatic heterocycles. The van der Waals surface area contributed by atoms with Gasteiger partial charge in [0.2, 0.25) is 0 Å². The van der Waals surface area contributed by atoms with E-state index in [1.165, 1.54) is 0 Å². The first-order valence-electron chi connectivity index (χ1n) is 6.36. The lowest BCUT2D eigenvalue weighted by Crippen LogP contribution is -2.30. The van der Waals surface area contributed by atoms with Crippen molar-refractivity contribution in [1.82, 2.24) is 9.88 Å². The number of carbonyl (C=O) groups excluding carboxylic acids is 1. The number of rotatable bonds is 4. The standard InChI is InChI=1S/C15H13BrCl2N2O/c1-2-20(9-10-4-3-5-12(17)6-10)15(21)13-7-11(16)8-19-14(13)18/h3-8H,2,9H2,1H3. The molecular weight excluding hydrogens is 375 g/mol. The van der Waals surface area contributed by atoms with E-state index in [4.69, 9.17) is 23.2 Å². The maximum Gasteiger partial charge on any atom is 0.257 e. The van der Waals surface area contributed by atoms with Crippen molar-refractivity contribution >= 4 is 45.0 Å². The van der Waals surface area contributed by atoms with Gasteiger partial charge in [-0.05, 0) is 46.6 Å². The third-order valence-corrected chi connectivity index (χ3v) is 3.94. The highest BCUT2D eigenvalue weighted by Crippen LogP contribution is 2.21. The molecule has 1 amide bonds. The molecule has 1 heterocycles. The zero-order chi connectivity index (χ0) is 15.4. The number of halogens is 3. The molecule has 0 aliphatic heterocycles. The van der Waals surface area contributed by atoms with Crippen molar-refractivity contribution in [3.05, 3.63) is 62.3 Å². The minimum absolute atomic E-state index is 0.156. The van der Waals surface area contributed by atoms with E-state index < -0.39 is 0 Å². The number of carbonyl (C=O) groups is 1. The normalized spacial score (nSPS) is 10.5. The number of hydrogen-bond acceptors (Lipinski definition) is 2. The van der Waals surface area contributed by atoms with Gasteiger partial charge in [0.15, 0.2) is 0 Å². The van der Waals surface area contributed by atoms with E-state index in [0.717, 1.165) is 5.56 Å². The van der Waals surface area contributed by atoms with Crippen LogP contribution in [-0.4, -0.2) is 22.3 Å². The highest BCUT2D eigenvalue weighted by Gasteiger charge is 2.18. The lowest BCUT2D eigenvalue weighted by molar-refractivity contribution is 0.0752. The van der Waals surface area contributed by atoms with Gasteiger partial charge in [-0.3, -0.25) is 4.79 Å². The van der Waals surface area contributed by atoms with Crippen molar-refractivity contribution in [2.24, 2.45) is 0 Å². The summed E-state index contributed by atoms with van der Waals surface area (Å²) in [4.78, 5) is 18.3. The van der Waals surface area contributed by atoms with Crippen LogP contribution in [0.5, 0.6) is 0 Å². The number of hydrogen-bond donors (Lipinski definition) is 0. The molecule has 0 spiro atoms. The van der Waals surface area contributed by atoms with Gasteiger partial charge in [0.1, 0.15) is 5.15 Å². The summed E-state index contributed by atoms with van der Waals surface area (Å²) >= 11 is 15.3. The van der Waals surface area contributed by atoms with Crippen LogP contribution in [0.2, 0.25) is 10.2 Å². The van der Waals surface area contributed by atoms with Crippen molar-refractivity contribution in [2.45, 2.75) is 13.5 Å². The fourth-order valence-corrected chi connectivity index (χ4v) is 2.65. The number of amides is 1. The molecule has 0 aliphatic carbocycles. The van der Waals surface area contributed by atoms with Gasteiger partial charge in [-0.25, -0.2) is 4.98 Å². The van der Waals surface area contributed by atoms with Crippen LogP contribution in [0, 0.1) is 0 Å². The Morgan fingerprint density at radius 2 is 2.10 bits per heavy atom. The van der Waals surface area contributed by atoms with E-state index >= 15 is 0 Å². The molecule has 0 unspecified atom stereocenters. The maximum absolute atomic E-state index is 12.6. The summed E-state index contributed by atoms with van der Waals surface area (Å²) < 4.78 is 0.717. The molecule has 2 aromatic rings. The average molecular weight is 388 g/mol. The first kappa shape index (κ1) is 16.3. The Morgan fingerprint density at radius 3 is 2.76 bits per heavy atom. The highest BCUT2D eigenvalue weighted by molar-refractivity contribution is 9.10. The van der Waals surface area contributed by atoms with E-state index in [9.17, 15) is 4.79 Å². The monoisotopic (exact) mass is 386 g/mol. The van der Waals surface area contributed by atoms with Crippen LogP contribution >= 0.6 is 39.1 Å². The molecule has 0 N–H and O–H groups in total. The van der Waals surface area contributed by atoms with Gasteiger partial charge in [0, 0.05) is 28.8 Å². The van der Waals surface area contributed by atoms with Crippen LogP contribution in [0.1, 0.15) is 22.8 Å².